The van der Waals surface area contributed by atoms with Crippen LogP contribution in [0.15, 0.2) is 38.6 Å². The van der Waals surface area contributed by atoms with Gasteiger partial charge in [-0.05, 0) is 37.0 Å². The van der Waals surface area contributed by atoms with E-state index in [-0.39, 0.29) is 47.9 Å². The third-order valence-corrected chi connectivity index (χ3v) is 5.73. The van der Waals surface area contributed by atoms with Gasteiger partial charge in [-0.3, -0.25) is 23.3 Å². The number of rotatable bonds is 7. The zero-order valence-electron chi connectivity index (χ0n) is 18.8. The largest absolute Gasteiger partial charge is 0.494 e. The first-order valence-corrected chi connectivity index (χ1v) is 11.1. The molecular formula is C23H26FN5O4. The fraction of sp³-hybridized carbons (Fsp3) is 0.391. The molecule has 0 aliphatic heterocycles. The summed E-state index contributed by atoms with van der Waals surface area (Å²) in [4.78, 5) is 44.2. The molecule has 10 heteroatoms. The Balaban J connectivity index is 2.18. The average Bonchev–Trinajstić information content (AvgIpc) is 3.19. The summed E-state index contributed by atoms with van der Waals surface area (Å²) >= 11 is 0. The fourth-order valence-corrected chi connectivity index (χ4v) is 4.16. The highest BCUT2D eigenvalue weighted by molar-refractivity contribution is 5.76. The van der Waals surface area contributed by atoms with Gasteiger partial charge in [0.05, 0.1) is 12.1 Å². The molecule has 0 bridgehead atoms. The van der Waals surface area contributed by atoms with Crippen molar-refractivity contribution in [3.8, 4) is 5.88 Å². The van der Waals surface area contributed by atoms with Crippen molar-refractivity contribution in [1.82, 2.24) is 23.1 Å². The lowest BCUT2D eigenvalue weighted by Crippen LogP contribution is -2.40. The quantitative estimate of drug-likeness (QED) is 0.460. The van der Waals surface area contributed by atoms with Gasteiger partial charge in [0, 0.05) is 13.1 Å². The Kier molecular flexibility index (Phi) is 5.92. The maximum Gasteiger partial charge on any atom is 0.332 e. The topological polar surface area (TPSA) is 104 Å². The molecule has 0 aliphatic rings. The van der Waals surface area contributed by atoms with E-state index < -0.39 is 22.6 Å². The number of halogens is 1. The number of aryl methyl sites for hydroxylation is 1. The maximum absolute atomic E-state index is 13.4. The zero-order chi connectivity index (χ0) is 23.9. The van der Waals surface area contributed by atoms with Crippen molar-refractivity contribution in [2.75, 3.05) is 0 Å². The van der Waals surface area contributed by atoms with Gasteiger partial charge in [0.1, 0.15) is 5.82 Å². The summed E-state index contributed by atoms with van der Waals surface area (Å²) in [6.07, 6.45) is 1.42. The summed E-state index contributed by atoms with van der Waals surface area (Å²) in [5, 5.41) is 11.0. The number of hydrogen-bond donors (Lipinski definition) is 1. The predicted octanol–water partition coefficient (Wildman–Crippen LogP) is 2.25. The molecule has 1 N–H and O–H groups in total. The van der Waals surface area contributed by atoms with Gasteiger partial charge in [-0.1, -0.05) is 32.9 Å². The van der Waals surface area contributed by atoms with E-state index in [9.17, 15) is 23.9 Å². The van der Waals surface area contributed by atoms with E-state index in [4.69, 9.17) is 0 Å². The second-order valence-electron chi connectivity index (χ2n) is 7.98. The predicted molar refractivity (Wildman–Crippen MR) is 123 cm³/mol. The highest BCUT2D eigenvalue weighted by Crippen LogP contribution is 2.22. The van der Waals surface area contributed by atoms with Crippen molar-refractivity contribution in [2.45, 2.75) is 59.7 Å². The molecule has 3 heterocycles. The number of hydrogen-bond acceptors (Lipinski definition) is 5. The summed E-state index contributed by atoms with van der Waals surface area (Å²) in [7, 11) is 0. The summed E-state index contributed by atoms with van der Waals surface area (Å²) in [6.45, 7) is 6.10. The monoisotopic (exact) mass is 455 g/mol. The van der Waals surface area contributed by atoms with Gasteiger partial charge in [0.25, 0.3) is 11.1 Å². The van der Waals surface area contributed by atoms with E-state index in [1.165, 1.54) is 25.7 Å². The molecule has 0 atom stereocenters. The van der Waals surface area contributed by atoms with Crippen molar-refractivity contribution < 1.29 is 9.50 Å². The molecule has 0 saturated heterocycles. The molecule has 9 nitrogen and oxygen atoms in total. The normalized spacial score (nSPS) is 11.6. The first-order chi connectivity index (χ1) is 15.8. The van der Waals surface area contributed by atoms with Gasteiger partial charge < -0.3 is 5.11 Å². The molecule has 1 aromatic carbocycles. The molecule has 0 aliphatic carbocycles. The molecule has 33 heavy (non-hydrogen) atoms. The van der Waals surface area contributed by atoms with Crippen LogP contribution >= 0.6 is 0 Å². The SMILES string of the molecule is CCCn1c(=O)c2c(nc3n(Cc4ccc(F)cc4)c(=O)c(CC)c(O)n23)n(CCC)c1=O. The molecule has 0 amide bonds. The van der Waals surface area contributed by atoms with Gasteiger partial charge >= 0.3 is 5.69 Å². The standard InChI is InChI=1S/C23H26FN5O4/c1-4-11-26-18-17(21(32)27(12-5-2)23(26)33)29-20(31)16(6-3)19(30)28(22(29)25-18)13-14-7-9-15(24)10-8-14/h7-10,31H,4-6,11-13H2,1-3H3. The van der Waals surface area contributed by atoms with Crippen LogP contribution in [0, 0.1) is 5.82 Å². The number of benzene rings is 1. The molecule has 174 valence electrons. The lowest BCUT2D eigenvalue weighted by molar-refractivity contribution is 0.434. The molecule has 4 rings (SSSR count). The summed E-state index contributed by atoms with van der Waals surface area (Å²) in [6, 6.07) is 5.70. The Labute approximate surface area is 188 Å². The van der Waals surface area contributed by atoms with Crippen molar-refractivity contribution >= 4 is 16.9 Å². The van der Waals surface area contributed by atoms with Crippen molar-refractivity contribution in [3.63, 3.8) is 0 Å². The zero-order valence-corrected chi connectivity index (χ0v) is 18.8. The minimum absolute atomic E-state index is 0.0460. The number of fused-ring (bicyclic) bond motifs is 3. The third kappa shape index (κ3) is 3.55. The second-order valence-corrected chi connectivity index (χ2v) is 7.98. The fourth-order valence-electron chi connectivity index (χ4n) is 4.16. The van der Waals surface area contributed by atoms with Gasteiger partial charge in [0.2, 0.25) is 11.7 Å². The number of imidazole rings is 1. The van der Waals surface area contributed by atoms with E-state index in [1.54, 1.807) is 19.1 Å². The van der Waals surface area contributed by atoms with Crippen LogP contribution in [0.4, 0.5) is 4.39 Å². The lowest BCUT2D eigenvalue weighted by atomic mass is 10.2. The highest BCUT2D eigenvalue weighted by atomic mass is 19.1. The molecular weight excluding hydrogens is 429 g/mol. The Bertz CT molecular complexity index is 1530. The Morgan fingerprint density at radius 1 is 0.909 bits per heavy atom. The number of nitrogens with zero attached hydrogens (tertiary/aromatic N) is 5. The van der Waals surface area contributed by atoms with Crippen LogP contribution < -0.4 is 16.8 Å². The minimum Gasteiger partial charge on any atom is -0.494 e. The van der Waals surface area contributed by atoms with Gasteiger partial charge in [-0.25, -0.2) is 13.6 Å². The Morgan fingerprint density at radius 2 is 1.55 bits per heavy atom. The van der Waals surface area contributed by atoms with Crippen LogP contribution in [0.5, 0.6) is 5.88 Å². The molecule has 3 aromatic heterocycles. The van der Waals surface area contributed by atoms with Crippen LogP contribution in [0.3, 0.4) is 0 Å². The molecule has 4 aromatic rings. The minimum atomic E-state index is -0.568. The van der Waals surface area contributed by atoms with Crippen molar-refractivity contribution in [3.05, 3.63) is 72.4 Å². The third-order valence-electron chi connectivity index (χ3n) is 5.73. The van der Waals surface area contributed by atoms with Crippen LogP contribution in [0.2, 0.25) is 0 Å². The smallest absolute Gasteiger partial charge is 0.332 e. The molecule has 0 unspecified atom stereocenters. The number of aromatic hydroxyl groups is 1. The van der Waals surface area contributed by atoms with E-state index in [2.05, 4.69) is 4.98 Å². The van der Waals surface area contributed by atoms with Crippen molar-refractivity contribution in [2.24, 2.45) is 0 Å². The molecule has 0 radical (unpaired) electrons. The molecule has 0 saturated carbocycles. The molecule has 0 fully saturated rings. The maximum atomic E-state index is 13.4. The summed E-state index contributed by atoms with van der Waals surface area (Å²) in [5.74, 6) is -0.718. The van der Waals surface area contributed by atoms with E-state index in [0.29, 0.717) is 24.9 Å². The summed E-state index contributed by atoms with van der Waals surface area (Å²) in [5.41, 5.74) is -0.557. The Hall–Kier alpha value is -3.69. The van der Waals surface area contributed by atoms with Crippen LogP contribution in [0.1, 0.15) is 44.7 Å². The lowest BCUT2D eigenvalue weighted by Gasteiger charge is -2.13. The van der Waals surface area contributed by atoms with Gasteiger partial charge in [0.15, 0.2) is 11.2 Å². The van der Waals surface area contributed by atoms with E-state index in [0.717, 1.165) is 4.57 Å². The van der Waals surface area contributed by atoms with Gasteiger partial charge in [-0.15, -0.1) is 0 Å². The Morgan fingerprint density at radius 3 is 2.15 bits per heavy atom. The highest BCUT2D eigenvalue weighted by Gasteiger charge is 2.25. The van der Waals surface area contributed by atoms with Crippen LogP contribution in [-0.4, -0.2) is 28.2 Å². The van der Waals surface area contributed by atoms with Crippen LogP contribution in [0.25, 0.3) is 16.9 Å². The first kappa shape index (κ1) is 22.5. The number of aromatic nitrogens is 5. The van der Waals surface area contributed by atoms with E-state index >= 15 is 0 Å². The second kappa shape index (κ2) is 8.68. The summed E-state index contributed by atoms with van der Waals surface area (Å²) < 4.78 is 18.5. The van der Waals surface area contributed by atoms with Crippen LogP contribution in [-0.2, 0) is 26.1 Å². The van der Waals surface area contributed by atoms with Gasteiger partial charge in [-0.2, -0.15) is 4.98 Å². The molecule has 0 spiro atoms. The average molecular weight is 455 g/mol. The van der Waals surface area contributed by atoms with Crippen molar-refractivity contribution in [1.29, 1.82) is 0 Å². The van der Waals surface area contributed by atoms with E-state index in [1.807, 2.05) is 13.8 Å². The first-order valence-electron chi connectivity index (χ1n) is 11.1.